The number of rotatable bonds is 3. The van der Waals surface area contributed by atoms with Crippen molar-refractivity contribution in [3.8, 4) is 6.07 Å². The number of halogens is 1. The molecule has 1 atom stereocenters. The molecule has 0 spiro atoms. The van der Waals surface area contributed by atoms with Gasteiger partial charge in [-0.1, -0.05) is 12.8 Å². The monoisotopic (exact) mass is 287 g/mol. The molecule has 20 heavy (non-hydrogen) atoms. The number of imidazole rings is 1. The van der Waals surface area contributed by atoms with Crippen molar-refractivity contribution in [1.29, 1.82) is 5.26 Å². The van der Waals surface area contributed by atoms with Crippen LogP contribution in [-0.4, -0.2) is 9.55 Å². The molecule has 0 amide bonds. The molecule has 1 aromatic carbocycles. The Hall–Kier alpha value is -1.53. The average Bonchev–Trinajstić information content (AvgIpc) is 3.12. The number of nitriles is 1. The Morgan fingerprint density at radius 1 is 1.45 bits per heavy atom. The van der Waals surface area contributed by atoms with Crippen molar-refractivity contribution in [2.45, 2.75) is 44.5 Å². The number of fused-ring (bicyclic) bond motifs is 1. The van der Waals surface area contributed by atoms with E-state index < -0.39 is 0 Å². The number of nitrogens with zero attached hydrogens (tertiary/aromatic N) is 3. The molecule has 0 N–H and O–H groups in total. The average molecular weight is 288 g/mol. The van der Waals surface area contributed by atoms with Gasteiger partial charge in [0.25, 0.3) is 0 Å². The summed E-state index contributed by atoms with van der Waals surface area (Å²) < 4.78 is 2.25. The number of benzene rings is 1. The lowest BCUT2D eigenvalue weighted by molar-refractivity contribution is 0.362. The minimum Gasteiger partial charge on any atom is -0.324 e. The van der Waals surface area contributed by atoms with Gasteiger partial charge in [-0.3, -0.25) is 0 Å². The largest absolute Gasteiger partial charge is 0.324 e. The molecule has 0 radical (unpaired) electrons. The smallest absolute Gasteiger partial charge is 0.125 e. The molecule has 1 aliphatic carbocycles. The second-order valence-electron chi connectivity index (χ2n) is 5.63. The third-order valence-corrected chi connectivity index (χ3v) is 4.74. The lowest BCUT2D eigenvalue weighted by Gasteiger charge is -2.23. The van der Waals surface area contributed by atoms with Crippen LogP contribution in [0.15, 0.2) is 18.2 Å². The Morgan fingerprint density at radius 3 is 2.85 bits per heavy atom. The van der Waals surface area contributed by atoms with E-state index >= 15 is 0 Å². The summed E-state index contributed by atoms with van der Waals surface area (Å²) in [6.45, 7) is 2.26. The fraction of sp³-hybridized carbons (Fsp3) is 0.500. The molecule has 3 rings (SSSR count). The summed E-state index contributed by atoms with van der Waals surface area (Å²) >= 11 is 6.08. The van der Waals surface area contributed by atoms with Gasteiger partial charge in [-0.15, -0.1) is 11.6 Å². The van der Waals surface area contributed by atoms with Gasteiger partial charge in [-0.25, -0.2) is 4.98 Å². The Morgan fingerprint density at radius 2 is 2.20 bits per heavy atom. The van der Waals surface area contributed by atoms with Crippen LogP contribution in [-0.2, 0) is 5.88 Å². The van der Waals surface area contributed by atoms with Gasteiger partial charge in [-0.05, 0) is 43.9 Å². The lowest BCUT2D eigenvalue weighted by atomic mass is 9.99. The molecule has 3 nitrogen and oxygen atoms in total. The zero-order valence-electron chi connectivity index (χ0n) is 11.6. The third-order valence-electron chi connectivity index (χ3n) is 4.50. The summed E-state index contributed by atoms with van der Waals surface area (Å²) in [5, 5.41) is 9.10. The molecular formula is C16H18ClN3. The fourth-order valence-electron chi connectivity index (χ4n) is 3.41. The summed E-state index contributed by atoms with van der Waals surface area (Å²) in [6, 6.07) is 8.27. The number of hydrogen-bond acceptors (Lipinski definition) is 2. The molecule has 1 aromatic heterocycles. The first-order chi connectivity index (χ1) is 9.74. The molecule has 0 aliphatic heterocycles. The maximum Gasteiger partial charge on any atom is 0.125 e. The molecule has 0 saturated heterocycles. The van der Waals surface area contributed by atoms with Crippen LogP contribution in [0.1, 0.15) is 50.0 Å². The zero-order valence-corrected chi connectivity index (χ0v) is 12.4. The second-order valence-corrected chi connectivity index (χ2v) is 5.90. The Kier molecular flexibility index (Phi) is 3.67. The molecule has 1 unspecified atom stereocenters. The van der Waals surface area contributed by atoms with Crippen LogP contribution in [0.25, 0.3) is 11.0 Å². The van der Waals surface area contributed by atoms with Gasteiger partial charge in [0, 0.05) is 6.04 Å². The SMILES string of the molecule is CC(C1CCCC1)n1c(CCl)nc2ccc(C#N)cc21. The summed E-state index contributed by atoms with van der Waals surface area (Å²) in [5.74, 6) is 2.02. The fourth-order valence-corrected chi connectivity index (χ4v) is 3.60. The van der Waals surface area contributed by atoms with E-state index in [2.05, 4.69) is 22.5 Å². The maximum atomic E-state index is 9.10. The Bertz CT molecular complexity index is 662. The van der Waals surface area contributed by atoms with Crippen LogP contribution in [0.5, 0.6) is 0 Å². The first-order valence-electron chi connectivity index (χ1n) is 7.21. The van der Waals surface area contributed by atoms with Crippen LogP contribution < -0.4 is 0 Å². The second kappa shape index (κ2) is 5.46. The van der Waals surface area contributed by atoms with Crippen molar-refractivity contribution in [2.24, 2.45) is 5.92 Å². The molecule has 0 bridgehead atoms. The van der Waals surface area contributed by atoms with Crippen LogP contribution >= 0.6 is 11.6 Å². The Labute approximate surface area is 124 Å². The first-order valence-corrected chi connectivity index (χ1v) is 7.75. The highest BCUT2D eigenvalue weighted by molar-refractivity contribution is 6.16. The summed E-state index contributed by atoms with van der Waals surface area (Å²) in [6.07, 6.45) is 5.20. The van der Waals surface area contributed by atoms with Gasteiger partial charge in [-0.2, -0.15) is 5.26 Å². The molecule has 1 heterocycles. The van der Waals surface area contributed by atoms with Gasteiger partial charge in [0.1, 0.15) is 5.82 Å². The van der Waals surface area contributed by atoms with Crippen molar-refractivity contribution >= 4 is 22.6 Å². The quantitative estimate of drug-likeness (QED) is 0.785. The van der Waals surface area contributed by atoms with Gasteiger partial charge < -0.3 is 4.57 Å². The van der Waals surface area contributed by atoms with Crippen molar-refractivity contribution < 1.29 is 0 Å². The molecule has 1 aliphatic rings. The topological polar surface area (TPSA) is 41.6 Å². The van der Waals surface area contributed by atoms with E-state index in [9.17, 15) is 0 Å². The third kappa shape index (κ3) is 2.19. The number of aromatic nitrogens is 2. The lowest BCUT2D eigenvalue weighted by Crippen LogP contribution is -2.16. The summed E-state index contributed by atoms with van der Waals surface area (Å²) in [7, 11) is 0. The van der Waals surface area contributed by atoms with Crippen molar-refractivity contribution in [3.63, 3.8) is 0 Å². The highest BCUT2D eigenvalue weighted by atomic mass is 35.5. The van der Waals surface area contributed by atoms with E-state index in [1.807, 2.05) is 18.2 Å². The van der Waals surface area contributed by atoms with Crippen molar-refractivity contribution in [3.05, 3.63) is 29.6 Å². The van der Waals surface area contributed by atoms with Crippen LogP contribution in [0.2, 0.25) is 0 Å². The molecule has 1 saturated carbocycles. The minimum absolute atomic E-state index is 0.394. The van der Waals surface area contributed by atoms with Crippen LogP contribution in [0.4, 0.5) is 0 Å². The van der Waals surface area contributed by atoms with Gasteiger partial charge in [0.2, 0.25) is 0 Å². The van der Waals surface area contributed by atoms with E-state index in [1.165, 1.54) is 25.7 Å². The first kappa shape index (κ1) is 13.5. The maximum absolute atomic E-state index is 9.10. The number of alkyl halides is 1. The van der Waals surface area contributed by atoms with E-state index in [0.29, 0.717) is 23.4 Å². The van der Waals surface area contributed by atoms with Gasteiger partial charge in [0.05, 0.1) is 28.5 Å². The summed E-state index contributed by atoms with van der Waals surface area (Å²) in [4.78, 5) is 4.62. The molecule has 2 aromatic rings. The normalized spacial score (nSPS) is 17.4. The van der Waals surface area contributed by atoms with Crippen molar-refractivity contribution in [2.75, 3.05) is 0 Å². The predicted octanol–water partition coefficient (Wildman–Crippen LogP) is 4.40. The molecule has 1 fully saturated rings. The zero-order chi connectivity index (χ0) is 14.1. The number of hydrogen-bond donors (Lipinski definition) is 0. The molecular weight excluding hydrogens is 270 g/mol. The highest BCUT2D eigenvalue weighted by Gasteiger charge is 2.26. The minimum atomic E-state index is 0.394. The van der Waals surface area contributed by atoms with Gasteiger partial charge in [0.15, 0.2) is 0 Å². The van der Waals surface area contributed by atoms with Crippen LogP contribution in [0.3, 0.4) is 0 Å². The van der Waals surface area contributed by atoms with E-state index in [1.54, 1.807) is 0 Å². The molecule has 4 heteroatoms. The van der Waals surface area contributed by atoms with Crippen LogP contribution in [0, 0.1) is 17.2 Å². The summed E-state index contributed by atoms with van der Waals surface area (Å²) in [5.41, 5.74) is 2.65. The van der Waals surface area contributed by atoms with E-state index in [4.69, 9.17) is 16.9 Å². The van der Waals surface area contributed by atoms with Crippen molar-refractivity contribution in [1.82, 2.24) is 9.55 Å². The predicted molar refractivity (Wildman–Crippen MR) is 80.7 cm³/mol. The highest BCUT2D eigenvalue weighted by Crippen LogP contribution is 2.36. The van der Waals surface area contributed by atoms with E-state index in [-0.39, 0.29) is 0 Å². The molecule has 104 valence electrons. The Balaban J connectivity index is 2.13. The van der Waals surface area contributed by atoms with E-state index in [0.717, 1.165) is 16.9 Å². The standard InChI is InChI=1S/C16H18ClN3/c1-11(13-4-2-3-5-13)20-15-8-12(10-18)6-7-14(15)19-16(20)9-17/h6-8,11,13H,2-5,9H2,1H3. The van der Waals surface area contributed by atoms with Gasteiger partial charge >= 0.3 is 0 Å².